The second kappa shape index (κ2) is 8.47. The number of benzene rings is 2. The molecule has 25 heavy (non-hydrogen) atoms. The largest absolute Gasteiger partial charge is 0.272 e. The van der Waals surface area contributed by atoms with E-state index in [0.717, 1.165) is 20.1 Å². The Morgan fingerprint density at radius 1 is 1.36 bits per heavy atom. The molecule has 0 aliphatic rings. The number of aromatic nitrogens is 1. The van der Waals surface area contributed by atoms with Crippen molar-refractivity contribution in [2.24, 2.45) is 5.10 Å². The van der Waals surface area contributed by atoms with Crippen molar-refractivity contribution in [2.45, 2.75) is 22.9 Å². The lowest BCUT2D eigenvalue weighted by atomic mass is 10.2. The molecule has 0 aliphatic carbocycles. The van der Waals surface area contributed by atoms with Crippen LogP contribution in [0.15, 0.2) is 58.0 Å². The minimum Gasteiger partial charge on any atom is -0.272 e. The maximum Gasteiger partial charge on any atom is 0.253 e. The Bertz CT molecular complexity index is 877. The molecule has 128 valence electrons. The molecule has 7 heteroatoms. The quantitative estimate of drug-likeness (QED) is 0.368. The number of hydrazone groups is 1. The summed E-state index contributed by atoms with van der Waals surface area (Å²) in [6.07, 6.45) is 2.28. The molecule has 1 atom stereocenters. The van der Waals surface area contributed by atoms with Gasteiger partial charge >= 0.3 is 0 Å². The second-order valence-corrected chi connectivity index (χ2v) is 8.17. The molecule has 0 saturated heterocycles. The van der Waals surface area contributed by atoms with Crippen LogP contribution in [-0.2, 0) is 4.79 Å². The fraction of sp³-hybridized carbons (Fsp3) is 0.167. The predicted molar refractivity (Wildman–Crippen MR) is 107 cm³/mol. The summed E-state index contributed by atoms with van der Waals surface area (Å²) < 4.78 is 2.02. The maximum atomic E-state index is 12.4. The van der Waals surface area contributed by atoms with E-state index < -0.39 is 0 Å². The first-order chi connectivity index (χ1) is 12.2. The van der Waals surface area contributed by atoms with Crippen LogP contribution in [0.1, 0.15) is 18.9 Å². The van der Waals surface area contributed by atoms with Gasteiger partial charge in [0.05, 0.1) is 21.7 Å². The van der Waals surface area contributed by atoms with Gasteiger partial charge in [0.25, 0.3) is 5.91 Å². The Morgan fingerprint density at radius 2 is 2.20 bits per heavy atom. The molecule has 4 nitrogen and oxygen atoms in total. The summed E-state index contributed by atoms with van der Waals surface area (Å²) in [6, 6.07) is 15.2. The van der Waals surface area contributed by atoms with Crippen LogP contribution in [0.5, 0.6) is 0 Å². The van der Waals surface area contributed by atoms with Crippen LogP contribution in [0.4, 0.5) is 0 Å². The van der Waals surface area contributed by atoms with Crippen LogP contribution < -0.4 is 5.43 Å². The van der Waals surface area contributed by atoms with Gasteiger partial charge in [-0.15, -0.1) is 11.3 Å². The van der Waals surface area contributed by atoms with Crippen molar-refractivity contribution in [1.29, 1.82) is 0 Å². The second-order valence-electron chi connectivity index (χ2n) is 5.25. The first-order valence-electron chi connectivity index (χ1n) is 7.76. The zero-order chi connectivity index (χ0) is 17.6. The number of carbonyl (C=O) groups is 1. The van der Waals surface area contributed by atoms with Crippen LogP contribution in [0.2, 0.25) is 5.02 Å². The molecule has 2 aromatic carbocycles. The maximum absolute atomic E-state index is 12.4. The number of fused-ring (bicyclic) bond motifs is 1. The Kier molecular flexibility index (Phi) is 6.07. The number of rotatable bonds is 6. The lowest BCUT2D eigenvalue weighted by Crippen LogP contribution is -2.28. The Hall–Kier alpha value is -1.89. The summed E-state index contributed by atoms with van der Waals surface area (Å²) in [4.78, 5) is 16.9. The summed E-state index contributed by atoms with van der Waals surface area (Å²) >= 11 is 9.00. The Balaban J connectivity index is 1.62. The van der Waals surface area contributed by atoms with Crippen LogP contribution in [0.25, 0.3) is 10.2 Å². The molecule has 0 spiro atoms. The molecule has 0 fully saturated rings. The van der Waals surface area contributed by atoms with Crippen molar-refractivity contribution in [3.8, 4) is 0 Å². The van der Waals surface area contributed by atoms with Gasteiger partial charge in [0.1, 0.15) is 0 Å². The van der Waals surface area contributed by atoms with Crippen LogP contribution in [0, 0.1) is 0 Å². The van der Waals surface area contributed by atoms with Gasteiger partial charge in [-0.05, 0) is 36.2 Å². The van der Waals surface area contributed by atoms with Gasteiger partial charge in [-0.1, -0.05) is 54.6 Å². The number of hydrogen-bond donors (Lipinski definition) is 1. The average Bonchev–Trinajstić information content (AvgIpc) is 3.02. The molecule has 0 radical (unpaired) electrons. The van der Waals surface area contributed by atoms with Crippen molar-refractivity contribution in [3.05, 3.63) is 59.1 Å². The van der Waals surface area contributed by atoms with E-state index in [-0.39, 0.29) is 11.2 Å². The molecule has 1 N–H and O–H groups in total. The van der Waals surface area contributed by atoms with Crippen molar-refractivity contribution >= 4 is 57.0 Å². The molecule has 0 aliphatic heterocycles. The summed E-state index contributed by atoms with van der Waals surface area (Å²) in [6.45, 7) is 1.98. The lowest BCUT2D eigenvalue weighted by molar-refractivity contribution is -0.120. The van der Waals surface area contributed by atoms with Gasteiger partial charge in [-0.3, -0.25) is 4.79 Å². The fourth-order valence-corrected chi connectivity index (χ4v) is 4.60. The highest BCUT2D eigenvalue weighted by Crippen LogP contribution is 2.33. The van der Waals surface area contributed by atoms with Gasteiger partial charge in [0.2, 0.25) is 0 Å². The number of nitrogens with zero attached hydrogens (tertiary/aromatic N) is 2. The minimum atomic E-state index is -0.239. The third kappa shape index (κ3) is 4.81. The summed E-state index contributed by atoms with van der Waals surface area (Å²) in [7, 11) is 0. The number of thiazole rings is 1. The number of nitrogens with one attached hydrogen (secondary N) is 1. The van der Waals surface area contributed by atoms with Gasteiger partial charge in [0, 0.05) is 5.02 Å². The molecule has 3 aromatic rings. The zero-order valence-corrected chi connectivity index (χ0v) is 15.9. The third-order valence-corrected chi connectivity index (χ3v) is 6.15. The van der Waals surface area contributed by atoms with E-state index in [4.69, 9.17) is 11.6 Å². The van der Waals surface area contributed by atoms with Gasteiger partial charge < -0.3 is 0 Å². The fourth-order valence-electron chi connectivity index (χ4n) is 2.17. The van der Waals surface area contributed by atoms with E-state index in [1.54, 1.807) is 29.7 Å². The van der Waals surface area contributed by atoms with Gasteiger partial charge in [0.15, 0.2) is 4.34 Å². The predicted octanol–water partition coefficient (Wildman–Crippen LogP) is 4.97. The molecule has 1 amide bonds. The Labute approximate surface area is 159 Å². The van der Waals surface area contributed by atoms with Crippen LogP contribution >= 0.6 is 34.7 Å². The standard InChI is InChI=1S/C18H16ClN3OS2/c1-2-15(24-18-21-14-8-3-4-9-16(14)25-18)17(23)22-20-11-12-6-5-7-13(19)10-12/h3-11,15H,2H2,1H3,(H,22,23)/b20-11-/t15-/m0/s1. The first kappa shape index (κ1) is 17.9. The van der Waals surface area contributed by atoms with Crippen LogP contribution in [0.3, 0.4) is 0 Å². The number of para-hydroxylation sites is 1. The number of thioether (sulfide) groups is 1. The van der Waals surface area contributed by atoms with E-state index in [2.05, 4.69) is 15.5 Å². The average molecular weight is 390 g/mol. The van der Waals surface area contributed by atoms with Gasteiger partial charge in [-0.2, -0.15) is 5.10 Å². The highest BCUT2D eigenvalue weighted by atomic mass is 35.5. The van der Waals surface area contributed by atoms with E-state index in [1.807, 2.05) is 43.3 Å². The number of amides is 1. The highest BCUT2D eigenvalue weighted by molar-refractivity contribution is 8.02. The minimum absolute atomic E-state index is 0.134. The van der Waals surface area contributed by atoms with Crippen molar-refractivity contribution in [3.63, 3.8) is 0 Å². The van der Waals surface area contributed by atoms with Gasteiger partial charge in [-0.25, -0.2) is 10.4 Å². The summed E-state index contributed by atoms with van der Waals surface area (Å²) in [5, 5.41) is 4.42. The monoisotopic (exact) mass is 389 g/mol. The van der Waals surface area contributed by atoms with E-state index in [1.165, 1.54) is 11.8 Å². The van der Waals surface area contributed by atoms with E-state index >= 15 is 0 Å². The first-order valence-corrected chi connectivity index (χ1v) is 9.84. The molecular weight excluding hydrogens is 374 g/mol. The van der Waals surface area contributed by atoms with Crippen molar-refractivity contribution < 1.29 is 4.79 Å². The van der Waals surface area contributed by atoms with E-state index in [9.17, 15) is 4.79 Å². The van der Waals surface area contributed by atoms with Crippen molar-refractivity contribution in [2.75, 3.05) is 0 Å². The zero-order valence-electron chi connectivity index (χ0n) is 13.5. The summed E-state index contributed by atoms with van der Waals surface area (Å²) in [5.74, 6) is -0.134. The summed E-state index contributed by atoms with van der Waals surface area (Å²) in [5.41, 5.74) is 4.39. The Morgan fingerprint density at radius 3 is 2.96 bits per heavy atom. The molecule has 3 rings (SSSR count). The molecule has 1 heterocycles. The topological polar surface area (TPSA) is 54.4 Å². The molecule has 0 saturated carbocycles. The smallest absolute Gasteiger partial charge is 0.253 e. The highest BCUT2D eigenvalue weighted by Gasteiger charge is 2.19. The normalized spacial score (nSPS) is 12.6. The number of hydrogen-bond acceptors (Lipinski definition) is 5. The molecule has 1 aromatic heterocycles. The molecule has 0 bridgehead atoms. The number of halogens is 1. The van der Waals surface area contributed by atoms with Crippen LogP contribution in [-0.4, -0.2) is 22.4 Å². The number of carbonyl (C=O) groups excluding carboxylic acids is 1. The molecular formula is C18H16ClN3OS2. The lowest BCUT2D eigenvalue weighted by Gasteiger charge is -2.10. The third-order valence-electron chi connectivity index (χ3n) is 3.42. The molecule has 0 unspecified atom stereocenters. The SMILES string of the molecule is CC[C@H](Sc1nc2ccccc2s1)C(=O)N/N=C\c1cccc(Cl)c1. The van der Waals surface area contributed by atoms with Crippen molar-refractivity contribution in [1.82, 2.24) is 10.4 Å². The van der Waals surface area contributed by atoms with E-state index in [0.29, 0.717) is 11.4 Å².